The number of thioether (sulfide) groups is 1. The second-order valence-electron chi connectivity index (χ2n) is 9.86. The highest BCUT2D eigenvalue weighted by Gasteiger charge is 2.55. The van der Waals surface area contributed by atoms with Gasteiger partial charge < -0.3 is 4.42 Å². The number of carbonyl (C=O) groups is 2. The summed E-state index contributed by atoms with van der Waals surface area (Å²) in [4.78, 5) is 26.8. The van der Waals surface area contributed by atoms with Crippen molar-refractivity contribution in [2.45, 2.75) is 38.5 Å². The number of furan rings is 1. The van der Waals surface area contributed by atoms with Crippen LogP contribution in [0.1, 0.15) is 44.3 Å². The number of nitrogens with one attached hydrogen (secondary N) is 1. The molecule has 1 aliphatic heterocycles. The van der Waals surface area contributed by atoms with Gasteiger partial charge in [-0.05, 0) is 105 Å². The zero-order valence-electron chi connectivity index (χ0n) is 17.9. The summed E-state index contributed by atoms with van der Waals surface area (Å²) in [6.45, 7) is 0. The van der Waals surface area contributed by atoms with Crippen LogP contribution in [0.4, 0.5) is 4.39 Å². The molecule has 1 N–H and O–H groups in total. The maximum absolute atomic E-state index is 13.4. The fraction of sp³-hybridized carbons (Fsp3) is 0.400. The zero-order chi connectivity index (χ0) is 22.7. The summed E-state index contributed by atoms with van der Waals surface area (Å²) in [5.74, 6) is 2.27. The molecule has 170 valence electrons. The van der Waals surface area contributed by atoms with Gasteiger partial charge in [0.2, 0.25) is 5.91 Å². The predicted molar refractivity (Wildman–Crippen MR) is 128 cm³/mol. The molecule has 7 rings (SSSR count). The Hall–Kier alpha value is -2.45. The highest BCUT2D eigenvalue weighted by molar-refractivity contribution is 8.26. The minimum atomic E-state index is -0.354. The Labute approximate surface area is 200 Å². The van der Waals surface area contributed by atoms with E-state index in [1.54, 1.807) is 30.3 Å². The van der Waals surface area contributed by atoms with Gasteiger partial charge in [-0.15, -0.1) is 0 Å². The summed E-state index contributed by atoms with van der Waals surface area (Å²) in [6.07, 6.45) is 8.15. The largest absolute Gasteiger partial charge is 0.457 e. The Morgan fingerprint density at radius 1 is 1.09 bits per heavy atom. The fourth-order valence-electron chi connectivity index (χ4n) is 6.50. The van der Waals surface area contributed by atoms with E-state index in [4.69, 9.17) is 16.6 Å². The van der Waals surface area contributed by atoms with Crippen molar-refractivity contribution in [1.82, 2.24) is 10.4 Å². The third-order valence-corrected chi connectivity index (χ3v) is 8.86. The molecule has 33 heavy (non-hydrogen) atoms. The van der Waals surface area contributed by atoms with Gasteiger partial charge in [-0.25, -0.2) is 4.39 Å². The standard InChI is InChI=1S/C25H23FN2O3S2/c26-18-3-1-17(2-4-18)20-6-5-19(31-20)10-21-22(29)28(24(32)33-21)27-23(30)25-11-14-7-15(12-25)9-16(8-14)13-25/h1-6,10,14-16H,7-9,11-13H2,(H,27,30)/b21-10-. The topological polar surface area (TPSA) is 62.6 Å². The molecule has 1 aromatic heterocycles. The maximum Gasteiger partial charge on any atom is 0.285 e. The molecular formula is C25H23FN2O3S2. The van der Waals surface area contributed by atoms with E-state index in [1.165, 1.54) is 36.4 Å². The van der Waals surface area contributed by atoms with Crippen LogP contribution in [0.15, 0.2) is 45.7 Å². The number of nitrogens with zero attached hydrogens (tertiary/aromatic N) is 1. The van der Waals surface area contributed by atoms with Crippen LogP contribution in [0.3, 0.4) is 0 Å². The molecule has 4 aliphatic carbocycles. The molecule has 0 unspecified atom stereocenters. The number of hydrazine groups is 1. The number of carbonyl (C=O) groups excluding carboxylic acids is 2. The number of amides is 2. The molecule has 1 saturated heterocycles. The van der Waals surface area contributed by atoms with Crippen molar-refractivity contribution < 1.29 is 18.4 Å². The molecule has 5 aliphatic rings. The number of halogens is 1. The van der Waals surface area contributed by atoms with Crippen LogP contribution >= 0.6 is 24.0 Å². The van der Waals surface area contributed by atoms with E-state index >= 15 is 0 Å². The molecule has 0 radical (unpaired) electrons. The van der Waals surface area contributed by atoms with Crippen LogP contribution in [0.2, 0.25) is 0 Å². The van der Waals surface area contributed by atoms with Gasteiger partial charge in [0.05, 0.1) is 10.3 Å². The lowest BCUT2D eigenvalue weighted by Crippen LogP contribution is -2.57. The SMILES string of the molecule is O=C1/C(=C/c2ccc(-c3ccc(F)cc3)o2)SC(=S)N1NC(=O)C12CC3CC(CC(C3)C1)C2. The quantitative estimate of drug-likeness (QED) is 0.458. The van der Waals surface area contributed by atoms with Gasteiger partial charge in [0, 0.05) is 11.6 Å². The summed E-state index contributed by atoms with van der Waals surface area (Å²) in [6, 6.07) is 9.53. The van der Waals surface area contributed by atoms with Gasteiger partial charge in [0.15, 0.2) is 4.32 Å². The Morgan fingerprint density at radius 3 is 2.36 bits per heavy atom. The lowest BCUT2D eigenvalue weighted by Gasteiger charge is -2.55. The van der Waals surface area contributed by atoms with Gasteiger partial charge in [-0.2, -0.15) is 5.01 Å². The molecule has 0 spiro atoms. The summed E-state index contributed by atoms with van der Waals surface area (Å²) >= 11 is 6.56. The van der Waals surface area contributed by atoms with E-state index in [-0.39, 0.29) is 23.0 Å². The van der Waals surface area contributed by atoms with E-state index in [9.17, 15) is 14.0 Å². The van der Waals surface area contributed by atoms with Crippen LogP contribution in [0.5, 0.6) is 0 Å². The van der Waals surface area contributed by atoms with Gasteiger partial charge in [0.1, 0.15) is 17.3 Å². The van der Waals surface area contributed by atoms with E-state index < -0.39 is 0 Å². The van der Waals surface area contributed by atoms with Crippen LogP contribution in [-0.2, 0) is 9.59 Å². The number of rotatable bonds is 4. The first-order chi connectivity index (χ1) is 15.9. The molecule has 2 amide bonds. The molecule has 4 saturated carbocycles. The number of benzene rings is 1. The van der Waals surface area contributed by atoms with E-state index in [0.29, 0.717) is 38.5 Å². The minimum Gasteiger partial charge on any atom is -0.457 e. The van der Waals surface area contributed by atoms with Gasteiger partial charge >= 0.3 is 0 Å². The third kappa shape index (κ3) is 3.73. The monoisotopic (exact) mass is 482 g/mol. The second-order valence-corrected chi connectivity index (χ2v) is 11.5. The van der Waals surface area contributed by atoms with Crippen molar-refractivity contribution >= 4 is 46.2 Å². The van der Waals surface area contributed by atoms with Crippen LogP contribution in [-0.4, -0.2) is 21.1 Å². The van der Waals surface area contributed by atoms with Crippen molar-refractivity contribution in [3.8, 4) is 11.3 Å². The highest BCUT2D eigenvalue weighted by atomic mass is 32.2. The molecule has 2 aromatic rings. The fourth-order valence-corrected chi connectivity index (χ4v) is 7.66. The summed E-state index contributed by atoms with van der Waals surface area (Å²) in [5.41, 5.74) is 3.25. The molecule has 5 nitrogen and oxygen atoms in total. The smallest absolute Gasteiger partial charge is 0.285 e. The normalized spacial score (nSPS) is 31.6. The van der Waals surface area contributed by atoms with Gasteiger partial charge in [0.25, 0.3) is 5.91 Å². The van der Waals surface area contributed by atoms with Crippen molar-refractivity contribution in [2.75, 3.05) is 0 Å². The van der Waals surface area contributed by atoms with E-state index in [2.05, 4.69) is 5.43 Å². The molecule has 1 aromatic carbocycles. The maximum atomic E-state index is 13.4. The Morgan fingerprint density at radius 2 is 1.73 bits per heavy atom. The van der Waals surface area contributed by atoms with Crippen LogP contribution < -0.4 is 5.43 Å². The molecule has 0 atom stereocenters. The van der Waals surface area contributed by atoms with Crippen LogP contribution in [0.25, 0.3) is 17.4 Å². The van der Waals surface area contributed by atoms with Gasteiger partial charge in [-0.3, -0.25) is 15.0 Å². The average molecular weight is 483 g/mol. The molecular weight excluding hydrogens is 459 g/mol. The average Bonchev–Trinajstić information content (AvgIpc) is 3.33. The summed E-state index contributed by atoms with van der Waals surface area (Å²) in [7, 11) is 0. The first kappa shape index (κ1) is 21.1. The van der Waals surface area contributed by atoms with E-state index in [0.717, 1.165) is 36.6 Å². The molecule has 5 fully saturated rings. The lowest BCUT2D eigenvalue weighted by atomic mass is 9.49. The molecule has 8 heteroatoms. The predicted octanol–water partition coefficient (Wildman–Crippen LogP) is 5.53. The van der Waals surface area contributed by atoms with Crippen molar-refractivity contribution in [3.05, 3.63) is 52.9 Å². The first-order valence-corrected chi connectivity index (χ1v) is 12.6. The Balaban J connectivity index is 1.18. The van der Waals surface area contributed by atoms with Gasteiger partial charge in [-0.1, -0.05) is 11.8 Å². The highest BCUT2D eigenvalue weighted by Crippen LogP contribution is 2.60. The van der Waals surface area contributed by atoms with Crippen molar-refractivity contribution in [1.29, 1.82) is 0 Å². The second kappa shape index (κ2) is 7.81. The van der Waals surface area contributed by atoms with E-state index in [1.807, 2.05) is 0 Å². The lowest BCUT2D eigenvalue weighted by molar-refractivity contribution is -0.152. The Kier molecular flexibility index (Phi) is 4.99. The molecule has 4 bridgehead atoms. The van der Waals surface area contributed by atoms with Crippen molar-refractivity contribution in [2.24, 2.45) is 23.2 Å². The summed E-state index contributed by atoms with van der Waals surface area (Å²) < 4.78 is 19.3. The molecule has 2 heterocycles. The Bertz CT molecular complexity index is 1150. The van der Waals surface area contributed by atoms with Crippen LogP contribution in [0, 0.1) is 29.0 Å². The first-order valence-electron chi connectivity index (χ1n) is 11.3. The number of thiocarbonyl (C=S) groups is 1. The number of hydrogen-bond donors (Lipinski definition) is 1. The van der Waals surface area contributed by atoms with Crippen molar-refractivity contribution in [3.63, 3.8) is 0 Å². The number of hydrogen-bond acceptors (Lipinski definition) is 5. The zero-order valence-corrected chi connectivity index (χ0v) is 19.5. The minimum absolute atomic E-state index is 0.0595. The summed E-state index contributed by atoms with van der Waals surface area (Å²) in [5, 5.41) is 1.22. The third-order valence-electron chi connectivity index (χ3n) is 7.56.